The predicted octanol–water partition coefficient (Wildman–Crippen LogP) is 0.569. The average Bonchev–Trinajstić information content (AvgIpc) is 2.76. The maximum atomic E-state index is 11.9. The molecule has 0 heterocycles. The molecule has 18 heavy (non-hydrogen) atoms. The van der Waals surface area contributed by atoms with Gasteiger partial charge in [0.25, 0.3) is 0 Å². The van der Waals surface area contributed by atoms with Crippen molar-refractivity contribution in [2.45, 2.75) is 33.7 Å². The first-order chi connectivity index (χ1) is 8.10. The summed E-state index contributed by atoms with van der Waals surface area (Å²) in [7, 11) is 0. The van der Waals surface area contributed by atoms with Gasteiger partial charge in [-0.3, -0.25) is 9.59 Å². The fourth-order valence-corrected chi connectivity index (χ4v) is 2.34. The smallest absolute Gasteiger partial charge is 0.326 e. The van der Waals surface area contributed by atoms with Crippen molar-refractivity contribution in [2.24, 2.45) is 23.2 Å². The summed E-state index contributed by atoms with van der Waals surface area (Å²) in [5, 5.41) is 20.3. The highest BCUT2D eigenvalue weighted by Crippen LogP contribution is 2.58. The fraction of sp³-hybridized carbons (Fsp3) is 0.750. The highest BCUT2D eigenvalue weighted by Gasteiger charge is 2.66. The van der Waals surface area contributed by atoms with Gasteiger partial charge in [0.15, 0.2) is 0 Å². The van der Waals surface area contributed by atoms with Gasteiger partial charge in [0.1, 0.15) is 6.04 Å². The summed E-state index contributed by atoms with van der Waals surface area (Å²) in [5.41, 5.74) is -0.615. The van der Waals surface area contributed by atoms with Crippen molar-refractivity contribution in [2.75, 3.05) is 0 Å². The number of rotatable bonds is 5. The van der Waals surface area contributed by atoms with Crippen LogP contribution >= 0.6 is 0 Å². The van der Waals surface area contributed by atoms with Gasteiger partial charge in [-0.05, 0) is 11.3 Å². The minimum atomic E-state index is -1.11. The molecule has 1 fully saturated rings. The Morgan fingerprint density at radius 2 is 1.61 bits per heavy atom. The Hall–Kier alpha value is -1.59. The third-order valence-electron chi connectivity index (χ3n) is 3.61. The van der Waals surface area contributed by atoms with Crippen molar-refractivity contribution >= 4 is 17.8 Å². The second-order valence-corrected chi connectivity index (χ2v) is 5.68. The van der Waals surface area contributed by atoms with E-state index in [2.05, 4.69) is 5.32 Å². The highest BCUT2D eigenvalue weighted by molar-refractivity contribution is 5.93. The number of carboxylic acid groups (broad SMARTS) is 2. The molecular weight excluding hydrogens is 238 g/mol. The van der Waals surface area contributed by atoms with Gasteiger partial charge in [-0.15, -0.1) is 0 Å². The summed E-state index contributed by atoms with van der Waals surface area (Å²) in [4.78, 5) is 33.8. The second-order valence-electron chi connectivity index (χ2n) is 5.68. The standard InChI is InChI=1S/C12H19NO5/c1-5(2)8(11(17)18)13-9(14)6-7(10(15)16)12(6,3)4/h5-8H,1-4H3,(H,13,14)(H,15,16)(H,17,18)/t6-,7+,8-/m0/s1. The topological polar surface area (TPSA) is 104 Å². The highest BCUT2D eigenvalue weighted by atomic mass is 16.4. The summed E-state index contributed by atoms with van der Waals surface area (Å²) >= 11 is 0. The zero-order valence-electron chi connectivity index (χ0n) is 10.9. The first kappa shape index (κ1) is 14.5. The van der Waals surface area contributed by atoms with Crippen LogP contribution < -0.4 is 5.32 Å². The van der Waals surface area contributed by atoms with Crippen LogP contribution in [0, 0.1) is 23.2 Å². The third kappa shape index (κ3) is 2.47. The molecule has 0 aliphatic heterocycles. The number of amides is 1. The Bertz CT molecular complexity index is 388. The molecule has 1 saturated carbocycles. The molecule has 0 spiro atoms. The van der Waals surface area contributed by atoms with Gasteiger partial charge in [-0.1, -0.05) is 27.7 Å². The lowest BCUT2D eigenvalue weighted by Crippen LogP contribution is -2.45. The SMILES string of the molecule is CC(C)[C@H](NC(=O)[C@@H]1[C@H](C(=O)O)C1(C)C)C(=O)O. The first-order valence-corrected chi connectivity index (χ1v) is 5.86. The fourth-order valence-electron chi connectivity index (χ4n) is 2.34. The number of hydrogen-bond acceptors (Lipinski definition) is 3. The second kappa shape index (κ2) is 4.59. The van der Waals surface area contributed by atoms with Crippen LogP contribution in [-0.2, 0) is 14.4 Å². The number of carbonyl (C=O) groups excluding carboxylic acids is 1. The van der Waals surface area contributed by atoms with Crippen LogP contribution in [0.1, 0.15) is 27.7 Å². The van der Waals surface area contributed by atoms with Crippen molar-refractivity contribution in [1.29, 1.82) is 0 Å². The molecule has 6 nitrogen and oxygen atoms in total. The predicted molar refractivity (Wildman–Crippen MR) is 62.8 cm³/mol. The van der Waals surface area contributed by atoms with Gasteiger partial charge in [-0.25, -0.2) is 4.79 Å². The summed E-state index contributed by atoms with van der Waals surface area (Å²) in [6.45, 7) is 6.76. The van der Waals surface area contributed by atoms with Gasteiger partial charge < -0.3 is 15.5 Å². The number of aliphatic carboxylic acids is 2. The van der Waals surface area contributed by atoms with Gasteiger partial charge in [-0.2, -0.15) is 0 Å². The van der Waals surface area contributed by atoms with Crippen molar-refractivity contribution in [3.63, 3.8) is 0 Å². The van der Waals surface area contributed by atoms with Crippen LogP contribution in [0.15, 0.2) is 0 Å². The van der Waals surface area contributed by atoms with E-state index in [-0.39, 0.29) is 5.92 Å². The third-order valence-corrected chi connectivity index (χ3v) is 3.61. The lowest BCUT2D eigenvalue weighted by molar-refractivity contribution is -0.143. The maximum absolute atomic E-state index is 11.9. The van der Waals surface area contributed by atoms with Gasteiger partial charge >= 0.3 is 11.9 Å². The molecule has 0 bridgehead atoms. The van der Waals surface area contributed by atoms with E-state index in [0.29, 0.717) is 0 Å². The molecule has 102 valence electrons. The Morgan fingerprint density at radius 3 is 1.89 bits per heavy atom. The molecule has 1 amide bonds. The van der Waals surface area contributed by atoms with E-state index in [4.69, 9.17) is 10.2 Å². The van der Waals surface area contributed by atoms with Crippen molar-refractivity contribution < 1.29 is 24.6 Å². The maximum Gasteiger partial charge on any atom is 0.326 e. The normalized spacial score (nSPS) is 26.5. The molecule has 1 aliphatic rings. The van der Waals surface area contributed by atoms with E-state index in [0.717, 1.165) is 0 Å². The van der Waals surface area contributed by atoms with E-state index in [1.807, 2.05) is 0 Å². The Labute approximate surface area is 105 Å². The van der Waals surface area contributed by atoms with E-state index in [9.17, 15) is 14.4 Å². The molecular formula is C12H19NO5. The monoisotopic (exact) mass is 257 g/mol. The number of hydrogen-bond donors (Lipinski definition) is 3. The van der Waals surface area contributed by atoms with Crippen LogP contribution in [0.25, 0.3) is 0 Å². The van der Waals surface area contributed by atoms with E-state index in [1.54, 1.807) is 27.7 Å². The van der Waals surface area contributed by atoms with Crippen molar-refractivity contribution in [3.8, 4) is 0 Å². The van der Waals surface area contributed by atoms with Crippen molar-refractivity contribution in [1.82, 2.24) is 5.32 Å². The van der Waals surface area contributed by atoms with Gasteiger partial charge in [0, 0.05) is 0 Å². The van der Waals surface area contributed by atoms with Gasteiger partial charge in [0.05, 0.1) is 11.8 Å². The molecule has 3 atom stereocenters. The van der Waals surface area contributed by atoms with Crippen LogP contribution in [-0.4, -0.2) is 34.1 Å². The summed E-state index contributed by atoms with van der Waals surface area (Å²) in [6, 6.07) is -0.983. The van der Waals surface area contributed by atoms with Crippen LogP contribution in [0.2, 0.25) is 0 Å². The summed E-state index contributed by atoms with van der Waals surface area (Å²) < 4.78 is 0. The van der Waals surface area contributed by atoms with Crippen LogP contribution in [0.4, 0.5) is 0 Å². The molecule has 0 aromatic rings. The molecule has 6 heteroatoms. The van der Waals surface area contributed by atoms with Crippen molar-refractivity contribution in [3.05, 3.63) is 0 Å². The molecule has 3 N–H and O–H groups in total. The molecule has 0 unspecified atom stereocenters. The first-order valence-electron chi connectivity index (χ1n) is 5.86. The Morgan fingerprint density at radius 1 is 1.11 bits per heavy atom. The van der Waals surface area contributed by atoms with E-state index < -0.39 is 41.1 Å². The largest absolute Gasteiger partial charge is 0.481 e. The molecule has 0 aromatic heterocycles. The molecule has 1 rings (SSSR count). The molecule has 1 aliphatic carbocycles. The van der Waals surface area contributed by atoms with E-state index >= 15 is 0 Å². The lowest BCUT2D eigenvalue weighted by Gasteiger charge is -2.18. The zero-order valence-corrected chi connectivity index (χ0v) is 10.9. The Kier molecular flexibility index (Phi) is 3.69. The van der Waals surface area contributed by atoms with Gasteiger partial charge in [0.2, 0.25) is 5.91 Å². The number of carboxylic acids is 2. The quantitative estimate of drug-likeness (QED) is 0.668. The average molecular weight is 257 g/mol. The minimum absolute atomic E-state index is 0.253. The minimum Gasteiger partial charge on any atom is -0.481 e. The zero-order chi connectivity index (χ0) is 14.2. The lowest BCUT2D eigenvalue weighted by atomic mass is 10.0. The van der Waals surface area contributed by atoms with E-state index in [1.165, 1.54) is 0 Å². The number of carbonyl (C=O) groups is 3. The number of nitrogens with one attached hydrogen (secondary N) is 1. The van der Waals surface area contributed by atoms with Crippen LogP contribution in [0.3, 0.4) is 0 Å². The summed E-state index contributed by atoms with van der Waals surface area (Å²) in [5.74, 6) is -4.26. The molecule has 0 aromatic carbocycles. The van der Waals surface area contributed by atoms with Crippen LogP contribution in [0.5, 0.6) is 0 Å². The molecule has 0 radical (unpaired) electrons. The Balaban J connectivity index is 2.73. The summed E-state index contributed by atoms with van der Waals surface area (Å²) in [6.07, 6.45) is 0. The molecule has 0 saturated heterocycles.